The third-order valence-corrected chi connectivity index (χ3v) is 5.52. The molecule has 4 rings (SSSR count). The molecule has 8 heteroatoms. The molecule has 30 heavy (non-hydrogen) atoms. The predicted octanol–water partition coefficient (Wildman–Crippen LogP) is 3.62. The minimum Gasteiger partial charge on any atom is -0.347 e. The van der Waals surface area contributed by atoms with Crippen LogP contribution in [0.3, 0.4) is 0 Å². The second-order valence-corrected chi connectivity index (χ2v) is 7.71. The Hall–Kier alpha value is -3.19. The number of halogens is 1. The van der Waals surface area contributed by atoms with E-state index in [1.54, 1.807) is 29.2 Å². The van der Waals surface area contributed by atoms with Crippen LogP contribution in [-0.2, 0) is 16.1 Å². The maximum atomic E-state index is 12.6. The summed E-state index contributed by atoms with van der Waals surface area (Å²) in [6.45, 7) is 2.48. The zero-order chi connectivity index (χ0) is 21.1. The number of nitrogens with zero attached hydrogens (tertiary/aromatic N) is 3. The summed E-state index contributed by atoms with van der Waals surface area (Å²) in [4.78, 5) is 31.1. The molecule has 2 aromatic carbocycles. The quantitative estimate of drug-likeness (QED) is 0.653. The van der Waals surface area contributed by atoms with Crippen molar-refractivity contribution < 1.29 is 14.1 Å². The van der Waals surface area contributed by atoms with Gasteiger partial charge in [-0.3, -0.25) is 9.59 Å². The van der Waals surface area contributed by atoms with Gasteiger partial charge in [0.05, 0.1) is 18.5 Å². The first-order chi connectivity index (χ1) is 14.5. The van der Waals surface area contributed by atoms with Crippen molar-refractivity contribution in [3.05, 3.63) is 71.1 Å². The second-order valence-electron chi connectivity index (χ2n) is 7.27. The number of hydrogen-bond donors (Lipinski definition) is 1. The fourth-order valence-corrected chi connectivity index (χ4v) is 3.67. The molecule has 0 saturated carbocycles. The fraction of sp³-hybridized carbons (Fsp3) is 0.273. The first kappa shape index (κ1) is 20.1. The number of carbonyl (C=O) groups is 2. The monoisotopic (exact) mass is 424 g/mol. The van der Waals surface area contributed by atoms with E-state index in [0.29, 0.717) is 23.3 Å². The lowest BCUT2D eigenvalue weighted by molar-refractivity contribution is -0.130. The van der Waals surface area contributed by atoms with Gasteiger partial charge >= 0.3 is 0 Å². The van der Waals surface area contributed by atoms with E-state index in [9.17, 15) is 9.59 Å². The molecule has 2 atom stereocenters. The maximum Gasteiger partial charge on any atom is 0.246 e. The molecule has 1 aliphatic heterocycles. The third kappa shape index (κ3) is 4.36. The molecule has 3 aromatic rings. The lowest BCUT2D eigenvalue weighted by atomic mass is 10.1. The molecule has 2 unspecified atom stereocenters. The van der Waals surface area contributed by atoms with Crippen molar-refractivity contribution in [3.8, 4) is 11.4 Å². The van der Waals surface area contributed by atoms with Gasteiger partial charge in [0.1, 0.15) is 0 Å². The van der Waals surface area contributed by atoms with E-state index in [-0.39, 0.29) is 30.8 Å². The average Bonchev–Trinajstić information content (AvgIpc) is 3.39. The summed E-state index contributed by atoms with van der Waals surface area (Å²) < 4.78 is 5.21. The Balaban J connectivity index is 1.34. The highest BCUT2D eigenvalue weighted by molar-refractivity contribution is 6.30. The van der Waals surface area contributed by atoms with Crippen molar-refractivity contribution in [1.82, 2.24) is 20.4 Å². The van der Waals surface area contributed by atoms with E-state index in [1.165, 1.54) is 0 Å². The first-order valence-electron chi connectivity index (χ1n) is 9.72. The Morgan fingerprint density at radius 1 is 1.23 bits per heavy atom. The largest absolute Gasteiger partial charge is 0.347 e. The number of carbonyl (C=O) groups excluding carboxylic acids is 2. The average molecular weight is 425 g/mol. The van der Waals surface area contributed by atoms with Gasteiger partial charge in [0, 0.05) is 23.6 Å². The van der Waals surface area contributed by atoms with Crippen LogP contribution in [0.25, 0.3) is 11.4 Å². The Kier molecular flexibility index (Phi) is 5.81. The smallest absolute Gasteiger partial charge is 0.246 e. The van der Waals surface area contributed by atoms with Crippen LogP contribution in [0.15, 0.2) is 59.1 Å². The lowest BCUT2D eigenvalue weighted by Gasteiger charge is -2.25. The number of benzene rings is 2. The highest BCUT2D eigenvalue weighted by Gasteiger charge is 2.37. The molecule has 154 valence electrons. The second kappa shape index (κ2) is 8.67. The summed E-state index contributed by atoms with van der Waals surface area (Å²) >= 11 is 5.89. The van der Waals surface area contributed by atoms with E-state index in [4.69, 9.17) is 16.1 Å². The third-order valence-electron chi connectivity index (χ3n) is 5.26. The summed E-state index contributed by atoms with van der Waals surface area (Å²) in [5.74, 6) is 0.107. The van der Waals surface area contributed by atoms with Crippen LogP contribution in [0.2, 0.25) is 5.02 Å². The van der Waals surface area contributed by atoms with E-state index in [1.807, 2.05) is 37.3 Å². The van der Waals surface area contributed by atoms with E-state index < -0.39 is 5.92 Å². The molecule has 7 nitrogen and oxygen atoms in total. The van der Waals surface area contributed by atoms with Crippen LogP contribution in [0.1, 0.15) is 30.8 Å². The van der Waals surface area contributed by atoms with Crippen LogP contribution >= 0.6 is 11.6 Å². The van der Waals surface area contributed by atoms with Gasteiger partial charge in [0.25, 0.3) is 0 Å². The standard InChI is InChI=1S/C22H21ClN4O3/c1-14(15-5-3-2-4-6-15)27-13-17(11-20(27)28)22(29)24-12-19-25-21(26-30-19)16-7-9-18(23)10-8-16/h2-10,14,17H,11-13H2,1H3,(H,24,29). The topological polar surface area (TPSA) is 88.3 Å². The number of aromatic nitrogens is 2. The fourth-order valence-electron chi connectivity index (χ4n) is 3.54. The number of amides is 2. The summed E-state index contributed by atoms with van der Waals surface area (Å²) in [5, 5.41) is 7.35. The van der Waals surface area contributed by atoms with E-state index >= 15 is 0 Å². The van der Waals surface area contributed by atoms with Crippen LogP contribution in [-0.4, -0.2) is 33.4 Å². The Labute approximate surface area is 179 Å². The van der Waals surface area contributed by atoms with Crippen LogP contribution in [0.5, 0.6) is 0 Å². The normalized spacial score (nSPS) is 17.2. The van der Waals surface area contributed by atoms with Gasteiger partial charge in [-0.2, -0.15) is 4.98 Å². The molecule has 1 saturated heterocycles. The molecular weight excluding hydrogens is 404 g/mol. The molecule has 1 fully saturated rings. The van der Waals surface area contributed by atoms with Crippen molar-refractivity contribution in [2.45, 2.75) is 25.9 Å². The van der Waals surface area contributed by atoms with Gasteiger partial charge < -0.3 is 14.7 Å². The lowest BCUT2D eigenvalue weighted by Crippen LogP contribution is -2.33. The minimum atomic E-state index is -0.401. The van der Waals surface area contributed by atoms with Gasteiger partial charge in [-0.05, 0) is 36.8 Å². The highest BCUT2D eigenvalue weighted by Crippen LogP contribution is 2.28. The summed E-state index contributed by atoms with van der Waals surface area (Å²) in [6, 6.07) is 16.8. The molecular formula is C22H21ClN4O3. The number of likely N-dealkylation sites (tertiary alicyclic amines) is 1. The Bertz CT molecular complexity index is 1040. The van der Waals surface area contributed by atoms with Gasteiger partial charge in [-0.15, -0.1) is 0 Å². The summed E-state index contributed by atoms with van der Waals surface area (Å²) in [5.41, 5.74) is 1.82. The van der Waals surface area contributed by atoms with Crippen LogP contribution in [0.4, 0.5) is 0 Å². The molecule has 0 spiro atoms. The van der Waals surface area contributed by atoms with Crippen LogP contribution in [0, 0.1) is 5.92 Å². The molecule has 1 aromatic heterocycles. The number of hydrogen-bond acceptors (Lipinski definition) is 5. The molecule has 1 N–H and O–H groups in total. The zero-order valence-corrected chi connectivity index (χ0v) is 17.2. The molecule has 0 radical (unpaired) electrons. The van der Waals surface area contributed by atoms with Gasteiger partial charge in [-0.1, -0.05) is 47.1 Å². The zero-order valence-electron chi connectivity index (χ0n) is 16.4. The number of rotatable bonds is 6. The van der Waals surface area contributed by atoms with Crippen molar-refractivity contribution in [1.29, 1.82) is 0 Å². The van der Waals surface area contributed by atoms with Gasteiger partial charge in [0.2, 0.25) is 23.5 Å². The van der Waals surface area contributed by atoms with E-state index in [0.717, 1.165) is 11.1 Å². The SMILES string of the molecule is CC(c1ccccc1)N1CC(C(=O)NCc2nc(-c3ccc(Cl)cc3)no2)CC1=O. The molecule has 2 heterocycles. The van der Waals surface area contributed by atoms with Crippen molar-refractivity contribution >= 4 is 23.4 Å². The van der Waals surface area contributed by atoms with Crippen molar-refractivity contribution in [3.63, 3.8) is 0 Å². The molecule has 1 aliphatic rings. The van der Waals surface area contributed by atoms with Gasteiger partial charge in [-0.25, -0.2) is 0 Å². The number of nitrogens with one attached hydrogen (secondary N) is 1. The summed E-state index contributed by atoms with van der Waals surface area (Å²) in [6.07, 6.45) is 0.197. The first-order valence-corrected chi connectivity index (χ1v) is 10.1. The molecule has 0 bridgehead atoms. The Morgan fingerprint density at radius 2 is 1.97 bits per heavy atom. The minimum absolute atomic E-state index is 0.0192. The highest BCUT2D eigenvalue weighted by atomic mass is 35.5. The van der Waals surface area contributed by atoms with Crippen LogP contribution < -0.4 is 5.32 Å². The predicted molar refractivity (Wildman–Crippen MR) is 111 cm³/mol. The summed E-state index contributed by atoms with van der Waals surface area (Å²) in [7, 11) is 0. The van der Waals surface area contributed by atoms with Gasteiger partial charge in [0.15, 0.2) is 0 Å². The molecule has 0 aliphatic carbocycles. The maximum absolute atomic E-state index is 12.6. The van der Waals surface area contributed by atoms with Crippen molar-refractivity contribution in [2.24, 2.45) is 5.92 Å². The molecule has 2 amide bonds. The van der Waals surface area contributed by atoms with Crippen molar-refractivity contribution in [2.75, 3.05) is 6.54 Å². The van der Waals surface area contributed by atoms with E-state index in [2.05, 4.69) is 15.5 Å². The Morgan fingerprint density at radius 3 is 2.70 bits per heavy atom.